The molecule has 0 saturated heterocycles. The second kappa shape index (κ2) is 2.68. The van der Waals surface area contributed by atoms with E-state index in [0.29, 0.717) is 4.88 Å². The van der Waals surface area contributed by atoms with Crippen molar-refractivity contribution in [3.05, 3.63) is 22.4 Å². The molecule has 0 aromatic carbocycles. The SMILES string of the molecule is CC(F)(CO)c1cccs1. The van der Waals surface area contributed by atoms with E-state index in [4.69, 9.17) is 5.11 Å². The van der Waals surface area contributed by atoms with Crippen LogP contribution in [0.4, 0.5) is 4.39 Å². The lowest BCUT2D eigenvalue weighted by atomic mass is 10.1. The van der Waals surface area contributed by atoms with Gasteiger partial charge in [-0.15, -0.1) is 11.3 Å². The van der Waals surface area contributed by atoms with Gasteiger partial charge in [0.2, 0.25) is 0 Å². The molecular weight excluding hydrogens is 151 g/mol. The highest BCUT2D eigenvalue weighted by atomic mass is 32.1. The summed E-state index contributed by atoms with van der Waals surface area (Å²) in [5.41, 5.74) is -1.56. The molecule has 0 aliphatic heterocycles. The van der Waals surface area contributed by atoms with E-state index in [1.807, 2.05) is 0 Å². The first-order valence-corrected chi connectivity index (χ1v) is 3.88. The third-order valence-electron chi connectivity index (χ3n) is 1.33. The normalized spacial score (nSPS) is 16.7. The number of thiophene rings is 1. The molecule has 0 radical (unpaired) electrons. The van der Waals surface area contributed by atoms with Gasteiger partial charge in [-0.25, -0.2) is 4.39 Å². The molecule has 1 aromatic heterocycles. The largest absolute Gasteiger partial charge is 0.393 e. The lowest BCUT2D eigenvalue weighted by Gasteiger charge is -2.13. The maximum Gasteiger partial charge on any atom is 0.165 e. The van der Waals surface area contributed by atoms with Crippen LogP contribution >= 0.6 is 11.3 Å². The van der Waals surface area contributed by atoms with E-state index >= 15 is 0 Å². The summed E-state index contributed by atoms with van der Waals surface area (Å²) in [5.74, 6) is 0. The molecule has 0 bridgehead atoms. The number of hydrogen-bond acceptors (Lipinski definition) is 2. The van der Waals surface area contributed by atoms with Crippen LogP contribution in [-0.4, -0.2) is 11.7 Å². The van der Waals surface area contributed by atoms with Gasteiger partial charge >= 0.3 is 0 Å². The molecule has 0 saturated carbocycles. The van der Waals surface area contributed by atoms with Crippen molar-refractivity contribution >= 4 is 11.3 Å². The monoisotopic (exact) mass is 160 g/mol. The molecule has 3 heteroatoms. The van der Waals surface area contributed by atoms with Gasteiger partial charge in [-0.2, -0.15) is 0 Å². The number of alkyl halides is 1. The third-order valence-corrected chi connectivity index (χ3v) is 2.44. The van der Waals surface area contributed by atoms with Crippen molar-refractivity contribution in [2.24, 2.45) is 0 Å². The smallest absolute Gasteiger partial charge is 0.165 e. The predicted octanol–water partition coefficient (Wildman–Crippen LogP) is 1.93. The molecule has 0 aliphatic carbocycles. The first-order chi connectivity index (χ1) is 4.67. The Kier molecular flexibility index (Phi) is 2.06. The van der Waals surface area contributed by atoms with Crippen LogP contribution in [0, 0.1) is 0 Å². The standard InChI is InChI=1S/C7H9FOS/c1-7(8,5-9)6-3-2-4-10-6/h2-4,9H,5H2,1H3. The number of aliphatic hydroxyl groups excluding tert-OH is 1. The van der Waals surface area contributed by atoms with Crippen molar-refractivity contribution in [3.8, 4) is 0 Å². The van der Waals surface area contributed by atoms with E-state index in [1.54, 1.807) is 17.5 Å². The molecule has 1 rings (SSSR count). The van der Waals surface area contributed by atoms with E-state index in [0.717, 1.165) is 0 Å². The molecule has 1 atom stereocenters. The van der Waals surface area contributed by atoms with Crippen LogP contribution in [-0.2, 0) is 5.67 Å². The highest BCUT2D eigenvalue weighted by Gasteiger charge is 2.25. The highest BCUT2D eigenvalue weighted by molar-refractivity contribution is 7.10. The van der Waals surface area contributed by atoms with Crippen molar-refractivity contribution in [1.29, 1.82) is 0 Å². The van der Waals surface area contributed by atoms with E-state index in [1.165, 1.54) is 18.3 Å². The fourth-order valence-electron chi connectivity index (χ4n) is 0.653. The molecule has 0 amide bonds. The Bertz CT molecular complexity index is 193. The minimum Gasteiger partial charge on any atom is -0.393 e. The van der Waals surface area contributed by atoms with Crippen molar-refractivity contribution in [2.75, 3.05) is 6.61 Å². The van der Waals surface area contributed by atoms with Gasteiger partial charge in [0, 0.05) is 4.88 Å². The maximum atomic E-state index is 13.1. The van der Waals surface area contributed by atoms with Gasteiger partial charge in [-0.3, -0.25) is 0 Å². The van der Waals surface area contributed by atoms with Gasteiger partial charge in [-0.1, -0.05) is 6.07 Å². The number of aliphatic hydroxyl groups is 1. The Morgan fingerprint density at radius 2 is 2.50 bits per heavy atom. The van der Waals surface area contributed by atoms with Gasteiger partial charge in [-0.05, 0) is 18.4 Å². The van der Waals surface area contributed by atoms with Gasteiger partial charge < -0.3 is 5.11 Å². The van der Waals surface area contributed by atoms with Crippen LogP contribution in [0.25, 0.3) is 0 Å². The Balaban J connectivity index is 2.85. The molecule has 10 heavy (non-hydrogen) atoms. The van der Waals surface area contributed by atoms with E-state index in [-0.39, 0.29) is 0 Å². The fraction of sp³-hybridized carbons (Fsp3) is 0.429. The Morgan fingerprint density at radius 1 is 1.80 bits per heavy atom. The number of rotatable bonds is 2. The zero-order valence-corrected chi connectivity index (χ0v) is 6.49. The first kappa shape index (κ1) is 7.69. The van der Waals surface area contributed by atoms with Gasteiger partial charge in [0.05, 0.1) is 6.61 Å². The molecule has 1 N–H and O–H groups in total. The van der Waals surface area contributed by atoms with Crippen LogP contribution < -0.4 is 0 Å². The highest BCUT2D eigenvalue weighted by Crippen LogP contribution is 2.28. The molecule has 0 spiro atoms. The van der Waals surface area contributed by atoms with Crippen molar-refractivity contribution in [1.82, 2.24) is 0 Å². The Hall–Kier alpha value is -0.410. The van der Waals surface area contributed by atoms with Gasteiger partial charge in [0.1, 0.15) is 0 Å². The molecule has 1 heterocycles. The molecule has 0 aliphatic rings. The van der Waals surface area contributed by atoms with E-state index in [2.05, 4.69) is 0 Å². The summed E-state index contributed by atoms with van der Waals surface area (Å²) in [6, 6.07) is 3.45. The molecular formula is C7H9FOS. The topological polar surface area (TPSA) is 20.2 Å². The summed E-state index contributed by atoms with van der Waals surface area (Å²) in [6.07, 6.45) is 0. The van der Waals surface area contributed by atoms with Crippen LogP contribution in [0.1, 0.15) is 11.8 Å². The van der Waals surface area contributed by atoms with Gasteiger partial charge in [0.15, 0.2) is 5.67 Å². The van der Waals surface area contributed by atoms with Gasteiger partial charge in [0.25, 0.3) is 0 Å². The Labute approximate surface area is 63.1 Å². The van der Waals surface area contributed by atoms with Crippen LogP contribution in [0.3, 0.4) is 0 Å². The zero-order chi connectivity index (χ0) is 7.61. The minimum atomic E-state index is -1.56. The average molecular weight is 160 g/mol. The van der Waals surface area contributed by atoms with Crippen molar-refractivity contribution < 1.29 is 9.50 Å². The van der Waals surface area contributed by atoms with Crippen LogP contribution in [0.15, 0.2) is 17.5 Å². The van der Waals surface area contributed by atoms with E-state index in [9.17, 15) is 4.39 Å². The summed E-state index contributed by atoms with van der Waals surface area (Å²) < 4.78 is 13.1. The lowest BCUT2D eigenvalue weighted by Crippen LogP contribution is -2.18. The molecule has 0 fully saturated rings. The lowest BCUT2D eigenvalue weighted by molar-refractivity contribution is 0.0901. The predicted molar refractivity (Wildman–Crippen MR) is 39.9 cm³/mol. The number of halogens is 1. The minimum absolute atomic E-state index is 0.451. The molecule has 1 unspecified atom stereocenters. The summed E-state index contributed by atoms with van der Waals surface area (Å²) in [5, 5.41) is 10.4. The Morgan fingerprint density at radius 3 is 2.90 bits per heavy atom. The fourth-order valence-corrected chi connectivity index (χ4v) is 1.42. The second-order valence-corrected chi connectivity index (χ2v) is 3.28. The molecule has 1 aromatic rings. The maximum absolute atomic E-state index is 13.1. The summed E-state index contributed by atoms with van der Waals surface area (Å²) in [7, 11) is 0. The van der Waals surface area contributed by atoms with E-state index < -0.39 is 12.3 Å². The quantitative estimate of drug-likeness (QED) is 0.700. The third kappa shape index (κ3) is 1.36. The summed E-state index contributed by atoms with van der Waals surface area (Å²) in [6.45, 7) is 0.923. The zero-order valence-electron chi connectivity index (χ0n) is 5.67. The van der Waals surface area contributed by atoms with Crippen LogP contribution in [0.5, 0.6) is 0 Å². The summed E-state index contributed by atoms with van der Waals surface area (Å²) in [4.78, 5) is 0.579. The number of hydrogen-bond donors (Lipinski definition) is 1. The van der Waals surface area contributed by atoms with Crippen LogP contribution in [0.2, 0.25) is 0 Å². The van der Waals surface area contributed by atoms with Crippen molar-refractivity contribution in [3.63, 3.8) is 0 Å². The first-order valence-electron chi connectivity index (χ1n) is 3.00. The second-order valence-electron chi connectivity index (χ2n) is 2.33. The summed E-state index contributed by atoms with van der Waals surface area (Å²) >= 11 is 1.32. The average Bonchev–Trinajstić information content (AvgIpc) is 2.38. The van der Waals surface area contributed by atoms with Crippen molar-refractivity contribution in [2.45, 2.75) is 12.6 Å². The molecule has 1 nitrogen and oxygen atoms in total. The molecule has 56 valence electrons.